The van der Waals surface area contributed by atoms with Gasteiger partial charge in [-0.15, -0.1) is 0 Å². The monoisotopic (exact) mass is 209 g/mol. The second-order valence-corrected chi connectivity index (χ2v) is 2.92. The van der Waals surface area contributed by atoms with Crippen molar-refractivity contribution < 1.29 is 9.53 Å². The summed E-state index contributed by atoms with van der Waals surface area (Å²) in [5, 5.41) is 2.69. The minimum Gasteiger partial charge on any atom is -0.398 e. The molecule has 0 spiro atoms. The van der Waals surface area contributed by atoms with Crippen molar-refractivity contribution in [2.75, 3.05) is 25.5 Å². The number of pyridine rings is 1. The minimum absolute atomic E-state index is 0.222. The molecule has 1 aromatic heterocycles. The number of nitrogens with zero attached hydrogens (tertiary/aromatic N) is 1. The van der Waals surface area contributed by atoms with Gasteiger partial charge in [0, 0.05) is 31.2 Å². The van der Waals surface area contributed by atoms with E-state index in [1.807, 2.05) is 6.92 Å². The van der Waals surface area contributed by atoms with Crippen LogP contribution in [0.4, 0.5) is 5.69 Å². The van der Waals surface area contributed by atoms with Gasteiger partial charge < -0.3 is 15.8 Å². The van der Waals surface area contributed by atoms with Crippen molar-refractivity contribution in [3.05, 3.63) is 24.0 Å². The molecule has 5 heteroatoms. The van der Waals surface area contributed by atoms with Crippen LogP contribution in [0.1, 0.15) is 17.3 Å². The van der Waals surface area contributed by atoms with Crippen LogP contribution in [0, 0.1) is 0 Å². The Balaban J connectivity index is 2.44. The molecule has 1 amide bonds. The normalized spacial score (nSPS) is 9.93. The molecule has 0 saturated carbocycles. The molecule has 0 aliphatic carbocycles. The summed E-state index contributed by atoms with van der Waals surface area (Å²) in [6.45, 7) is 3.52. The summed E-state index contributed by atoms with van der Waals surface area (Å²) in [7, 11) is 0. The van der Waals surface area contributed by atoms with Crippen molar-refractivity contribution in [1.82, 2.24) is 10.3 Å². The van der Waals surface area contributed by atoms with Crippen LogP contribution in [0.15, 0.2) is 18.5 Å². The first-order chi connectivity index (χ1) is 7.25. The number of nitrogens with two attached hydrogens (primary N) is 1. The number of carbonyl (C=O) groups excluding carboxylic acids is 1. The topological polar surface area (TPSA) is 77.2 Å². The summed E-state index contributed by atoms with van der Waals surface area (Å²) in [6.07, 6.45) is 3.00. The van der Waals surface area contributed by atoms with Crippen LogP contribution >= 0.6 is 0 Å². The summed E-state index contributed by atoms with van der Waals surface area (Å²) in [5.41, 5.74) is 6.45. The summed E-state index contributed by atoms with van der Waals surface area (Å²) in [4.78, 5) is 15.4. The second kappa shape index (κ2) is 5.98. The van der Waals surface area contributed by atoms with Gasteiger partial charge in [-0.3, -0.25) is 9.78 Å². The molecule has 15 heavy (non-hydrogen) atoms. The zero-order valence-corrected chi connectivity index (χ0v) is 8.69. The van der Waals surface area contributed by atoms with Gasteiger partial charge in [-0.05, 0) is 13.0 Å². The number of carbonyl (C=O) groups is 1. The van der Waals surface area contributed by atoms with E-state index in [0.717, 1.165) is 0 Å². The highest BCUT2D eigenvalue weighted by atomic mass is 16.5. The van der Waals surface area contributed by atoms with Crippen LogP contribution in [0.5, 0.6) is 0 Å². The average Bonchev–Trinajstić information content (AvgIpc) is 2.25. The molecule has 82 valence electrons. The molecule has 1 rings (SSSR count). The summed E-state index contributed by atoms with van der Waals surface area (Å²) < 4.78 is 5.09. The molecule has 0 saturated heterocycles. The van der Waals surface area contributed by atoms with E-state index < -0.39 is 0 Å². The van der Waals surface area contributed by atoms with Crippen LogP contribution in [0.2, 0.25) is 0 Å². The predicted octanol–water partition coefficient (Wildman–Crippen LogP) is 0.430. The number of rotatable bonds is 5. The summed E-state index contributed by atoms with van der Waals surface area (Å²) in [5.74, 6) is -0.222. The van der Waals surface area contributed by atoms with E-state index in [1.165, 1.54) is 6.20 Å². The lowest BCUT2D eigenvalue weighted by molar-refractivity contribution is 0.0923. The highest BCUT2D eigenvalue weighted by molar-refractivity contribution is 5.98. The lowest BCUT2D eigenvalue weighted by Crippen LogP contribution is -2.28. The molecule has 3 N–H and O–H groups in total. The lowest BCUT2D eigenvalue weighted by Gasteiger charge is -2.06. The third kappa shape index (κ3) is 3.55. The fraction of sp³-hybridized carbons (Fsp3) is 0.400. The van der Waals surface area contributed by atoms with Crippen LogP contribution in [0.25, 0.3) is 0 Å². The molecule has 0 aliphatic heterocycles. The van der Waals surface area contributed by atoms with Gasteiger partial charge in [-0.1, -0.05) is 0 Å². The van der Waals surface area contributed by atoms with E-state index >= 15 is 0 Å². The lowest BCUT2D eigenvalue weighted by atomic mass is 10.2. The van der Waals surface area contributed by atoms with Crippen molar-refractivity contribution in [1.29, 1.82) is 0 Å². The fourth-order valence-electron chi connectivity index (χ4n) is 1.07. The molecular weight excluding hydrogens is 194 g/mol. The highest BCUT2D eigenvalue weighted by Gasteiger charge is 2.07. The molecule has 1 heterocycles. The Kier molecular flexibility index (Phi) is 4.56. The highest BCUT2D eigenvalue weighted by Crippen LogP contribution is 2.07. The zero-order valence-electron chi connectivity index (χ0n) is 8.69. The van der Waals surface area contributed by atoms with Gasteiger partial charge in [-0.2, -0.15) is 0 Å². The molecule has 0 atom stereocenters. The largest absolute Gasteiger partial charge is 0.398 e. The van der Waals surface area contributed by atoms with Crippen molar-refractivity contribution in [2.45, 2.75) is 6.92 Å². The Morgan fingerprint density at radius 3 is 3.13 bits per heavy atom. The van der Waals surface area contributed by atoms with E-state index in [9.17, 15) is 4.79 Å². The predicted molar refractivity (Wildman–Crippen MR) is 57.5 cm³/mol. The zero-order chi connectivity index (χ0) is 11.1. The third-order valence-electron chi connectivity index (χ3n) is 1.84. The van der Waals surface area contributed by atoms with Crippen molar-refractivity contribution >= 4 is 11.6 Å². The molecule has 0 bridgehead atoms. The molecule has 5 nitrogen and oxygen atoms in total. The number of hydrogen-bond acceptors (Lipinski definition) is 4. The SMILES string of the molecule is CCOCCNC(=O)c1cnccc1N. The van der Waals surface area contributed by atoms with E-state index in [-0.39, 0.29) is 5.91 Å². The molecule has 0 unspecified atom stereocenters. The number of anilines is 1. The van der Waals surface area contributed by atoms with E-state index in [1.54, 1.807) is 12.3 Å². The number of hydrogen-bond donors (Lipinski definition) is 2. The summed E-state index contributed by atoms with van der Waals surface area (Å²) >= 11 is 0. The van der Waals surface area contributed by atoms with Crippen LogP contribution in [-0.4, -0.2) is 30.6 Å². The quantitative estimate of drug-likeness (QED) is 0.689. The van der Waals surface area contributed by atoms with Crippen LogP contribution in [0.3, 0.4) is 0 Å². The standard InChI is InChI=1S/C10H15N3O2/c1-2-15-6-5-13-10(14)8-7-12-4-3-9(8)11/h3-4,7H,2,5-6H2,1H3,(H2,11,12)(H,13,14). The van der Waals surface area contributed by atoms with E-state index in [4.69, 9.17) is 10.5 Å². The molecule has 0 fully saturated rings. The van der Waals surface area contributed by atoms with Gasteiger partial charge >= 0.3 is 0 Å². The first kappa shape index (κ1) is 11.5. The van der Waals surface area contributed by atoms with Crippen molar-refractivity contribution in [3.8, 4) is 0 Å². The van der Waals surface area contributed by atoms with Crippen LogP contribution < -0.4 is 11.1 Å². The molecular formula is C10H15N3O2. The first-order valence-corrected chi connectivity index (χ1v) is 4.81. The van der Waals surface area contributed by atoms with E-state index in [0.29, 0.717) is 31.0 Å². The minimum atomic E-state index is -0.222. The Morgan fingerprint density at radius 2 is 2.47 bits per heavy atom. The molecule has 0 aliphatic rings. The Morgan fingerprint density at radius 1 is 1.67 bits per heavy atom. The number of nitrogens with one attached hydrogen (secondary N) is 1. The smallest absolute Gasteiger partial charge is 0.255 e. The Hall–Kier alpha value is -1.62. The number of amides is 1. The fourth-order valence-corrected chi connectivity index (χ4v) is 1.07. The maximum absolute atomic E-state index is 11.5. The van der Waals surface area contributed by atoms with Gasteiger partial charge in [0.1, 0.15) is 0 Å². The van der Waals surface area contributed by atoms with E-state index in [2.05, 4.69) is 10.3 Å². The maximum atomic E-state index is 11.5. The van der Waals surface area contributed by atoms with Gasteiger partial charge in [0.2, 0.25) is 0 Å². The molecule has 1 aromatic rings. The van der Waals surface area contributed by atoms with Gasteiger partial charge in [0.05, 0.1) is 12.2 Å². The van der Waals surface area contributed by atoms with Gasteiger partial charge in [-0.25, -0.2) is 0 Å². The van der Waals surface area contributed by atoms with Crippen molar-refractivity contribution in [3.63, 3.8) is 0 Å². The summed E-state index contributed by atoms with van der Waals surface area (Å²) in [6, 6.07) is 1.59. The number of nitrogen functional groups attached to an aromatic ring is 1. The van der Waals surface area contributed by atoms with Gasteiger partial charge in [0.15, 0.2) is 0 Å². The first-order valence-electron chi connectivity index (χ1n) is 4.81. The maximum Gasteiger partial charge on any atom is 0.255 e. The number of aromatic nitrogens is 1. The Bertz CT molecular complexity index is 328. The van der Waals surface area contributed by atoms with Gasteiger partial charge in [0.25, 0.3) is 5.91 Å². The Labute approximate surface area is 88.6 Å². The number of ether oxygens (including phenoxy) is 1. The van der Waals surface area contributed by atoms with Crippen molar-refractivity contribution in [2.24, 2.45) is 0 Å². The molecule has 0 radical (unpaired) electrons. The third-order valence-corrected chi connectivity index (χ3v) is 1.84. The van der Waals surface area contributed by atoms with Crippen LogP contribution in [-0.2, 0) is 4.74 Å². The second-order valence-electron chi connectivity index (χ2n) is 2.92. The average molecular weight is 209 g/mol. The molecule has 0 aromatic carbocycles.